The monoisotopic (exact) mass is 181 g/mol. The first kappa shape index (κ1) is 11.8. The predicted molar refractivity (Wildman–Crippen MR) is 57.7 cm³/mol. The molecule has 1 rings (SSSR count). The summed E-state index contributed by atoms with van der Waals surface area (Å²) in [6.45, 7) is 6.28. The molecule has 0 unspecified atom stereocenters. The topological polar surface area (TPSA) is 29.1 Å². The average Bonchev–Trinajstić information content (AvgIpc) is 2.23. The smallest absolute Gasteiger partial charge is 0.106 e. The molecule has 1 aromatic rings. The second-order valence-corrected chi connectivity index (χ2v) is 2.66. The van der Waals surface area contributed by atoms with Crippen LogP contribution >= 0.6 is 0 Å². The molecule has 1 N–H and O–H groups in total. The molecular weight excluding hydrogens is 162 g/mol. The Balaban J connectivity index is 0. The summed E-state index contributed by atoms with van der Waals surface area (Å²) in [4.78, 5) is 8.00. The number of hydrogen-bond acceptors (Lipinski definition) is 2. The largest absolute Gasteiger partial charge is 0.313 e. The minimum absolute atomic E-state index is 0. The van der Waals surface area contributed by atoms with Gasteiger partial charge >= 0.3 is 0 Å². The lowest BCUT2D eigenvalue weighted by atomic mass is 10.2. The second-order valence-electron chi connectivity index (χ2n) is 2.66. The van der Waals surface area contributed by atoms with Crippen LogP contribution in [0.3, 0.4) is 0 Å². The zero-order valence-electron chi connectivity index (χ0n) is 8.12. The molecule has 2 nitrogen and oxygen atoms in total. The van der Waals surface area contributed by atoms with Crippen LogP contribution in [0, 0.1) is 0 Å². The zero-order chi connectivity index (χ0) is 9.94. The maximum absolute atomic E-state index is 8.00. The van der Waals surface area contributed by atoms with E-state index in [1.165, 1.54) is 12.0 Å². The summed E-state index contributed by atoms with van der Waals surface area (Å²) in [5.74, 6) is 0. The lowest BCUT2D eigenvalue weighted by molar-refractivity contribution is -0.0979. The fraction of sp³-hybridized carbons (Fsp3) is 0.364. The molecule has 1 aromatic carbocycles. The highest BCUT2D eigenvalue weighted by Gasteiger charge is 1.87. The highest BCUT2D eigenvalue weighted by Crippen LogP contribution is 1.96. The van der Waals surface area contributed by atoms with Crippen molar-refractivity contribution in [1.82, 2.24) is 5.32 Å². The van der Waals surface area contributed by atoms with Crippen LogP contribution in [0.25, 0.3) is 0 Å². The van der Waals surface area contributed by atoms with E-state index in [2.05, 4.69) is 36.5 Å². The Morgan fingerprint density at radius 1 is 1.31 bits per heavy atom. The van der Waals surface area contributed by atoms with Gasteiger partial charge in [0.25, 0.3) is 0 Å². The van der Waals surface area contributed by atoms with Gasteiger partial charge in [-0.05, 0) is 18.5 Å². The minimum atomic E-state index is 0. The molecule has 0 aliphatic rings. The van der Waals surface area contributed by atoms with E-state index in [-0.39, 0.29) is 1.43 Å². The lowest BCUT2D eigenvalue weighted by Crippen LogP contribution is -2.13. The molecule has 0 atom stereocenters. The van der Waals surface area contributed by atoms with Gasteiger partial charge in [0.15, 0.2) is 0 Å². The van der Waals surface area contributed by atoms with E-state index >= 15 is 0 Å². The summed E-state index contributed by atoms with van der Waals surface area (Å²) in [7, 11) is 0. The number of benzene rings is 1. The van der Waals surface area contributed by atoms with Crippen LogP contribution in [0.5, 0.6) is 0 Å². The SMILES string of the molecule is C=O.CCCNCc1ccccc1.[HH]. The van der Waals surface area contributed by atoms with Crippen LogP contribution in [0.1, 0.15) is 20.3 Å². The first-order valence-corrected chi connectivity index (χ1v) is 4.47. The summed E-state index contributed by atoms with van der Waals surface area (Å²) in [6.07, 6.45) is 1.20. The molecule has 2 heteroatoms. The fourth-order valence-corrected chi connectivity index (χ4v) is 1.01. The summed E-state index contributed by atoms with van der Waals surface area (Å²) < 4.78 is 0. The van der Waals surface area contributed by atoms with Crippen molar-refractivity contribution in [3.63, 3.8) is 0 Å². The molecule has 0 fully saturated rings. The molecule has 0 heterocycles. The Labute approximate surface area is 81.5 Å². The van der Waals surface area contributed by atoms with Gasteiger partial charge in [0.05, 0.1) is 0 Å². The van der Waals surface area contributed by atoms with Gasteiger partial charge < -0.3 is 10.1 Å². The van der Waals surface area contributed by atoms with E-state index in [0.717, 1.165) is 13.1 Å². The predicted octanol–water partition coefficient (Wildman–Crippen LogP) is 2.25. The fourth-order valence-electron chi connectivity index (χ4n) is 1.01. The van der Waals surface area contributed by atoms with Crippen molar-refractivity contribution in [1.29, 1.82) is 0 Å². The highest BCUT2D eigenvalue weighted by atomic mass is 16.1. The molecule has 0 saturated carbocycles. The molecule has 0 aliphatic heterocycles. The van der Waals surface area contributed by atoms with Crippen molar-refractivity contribution >= 4 is 6.79 Å². The number of carbonyl (C=O) groups is 1. The second kappa shape index (κ2) is 8.94. The normalized spacial score (nSPS) is 8.69. The maximum Gasteiger partial charge on any atom is 0.106 e. The highest BCUT2D eigenvalue weighted by molar-refractivity contribution is 5.14. The summed E-state index contributed by atoms with van der Waals surface area (Å²) in [5, 5.41) is 3.35. The Bertz CT molecular complexity index is 204. The third-order valence-electron chi connectivity index (χ3n) is 1.60. The Hall–Kier alpha value is -1.15. The van der Waals surface area contributed by atoms with Crippen molar-refractivity contribution in [3.05, 3.63) is 35.9 Å². The van der Waals surface area contributed by atoms with Crippen LogP contribution < -0.4 is 5.32 Å². The van der Waals surface area contributed by atoms with Gasteiger partial charge in [-0.1, -0.05) is 37.3 Å². The van der Waals surface area contributed by atoms with Crippen LogP contribution in [0.15, 0.2) is 30.3 Å². The van der Waals surface area contributed by atoms with Gasteiger partial charge in [0, 0.05) is 7.97 Å². The first-order valence-electron chi connectivity index (χ1n) is 4.47. The molecule has 13 heavy (non-hydrogen) atoms. The van der Waals surface area contributed by atoms with Gasteiger partial charge in [-0.3, -0.25) is 0 Å². The third kappa shape index (κ3) is 6.05. The molecule has 0 aliphatic carbocycles. The first-order chi connectivity index (χ1) is 6.43. The van der Waals surface area contributed by atoms with E-state index in [1.807, 2.05) is 12.9 Å². The van der Waals surface area contributed by atoms with Gasteiger partial charge in [-0.15, -0.1) is 0 Å². The maximum atomic E-state index is 8.00. The molecule has 0 spiro atoms. The zero-order valence-corrected chi connectivity index (χ0v) is 8.12. The molecule has 74 valence electrons. The van der Waals surface area contributed by atoms with Crippen LogP contribution in [0.2, 0.25) is 0 Å². The van der Waals surface area contributed by atoms with Crippen molar-refractivity contribution in [2.24, 2.45) is 0 Å². The number of nitrogens with one attached hydrogen (secondary N) is 1. The average molecular weight is 181 g/mol. The van der Waals surface area contributed by atoms with E-state index < -0.39 is 0 Å². The van der Waals surface area contributed by atoms with Gasteiger partial charge in [-0.25, -0.2) is 0 Å². The van der Waals surface area contributed by atoms with Crippen LogP contribution in [-0.4, -0.2) is 13.3 Å². The summed E-state index contributed by atoms with van der Waals surface area (Å²) in [5.41, 5.74) is 1.36. The number of hydrogen-bond donors (Lipinski definition) is 1. The van der Waals surface area contributed by atoms with E-state index in [4.69, 9.17) is 4.79 Å². The summed E-state index contributed by atoms with van der Waals surface area (Å²) >= 11 is 0. The molecule has 0 aromatic heterocycles. The standard InChI is InChI=1S/C10H15N.CH2O.H2/c1-2-8-11-9-10-6-4-3-5-7-10;1-2;/h3-7,11H,2,8-9H2,1H3;1H2;1H. The lowest BCUT2D eigenvalue weighted by Gasteiger charge is -2.01. The molecule has 0 bridgehead atoms. The van der Waals surface area contributed by atoms with Crippen molar-refractivity contribution in [2.75, 3.05) is 6.54 Å². The van der Waals surface area contributed by atoms with Crippen LogP contribution in [0.4, 0.5) is 0 Å². The minimum Gasteiger partial charge on any atom is -0.313 e. The molecule has 0 radical (unpaired) electrons. The Morgan fingerprint density at radius 3 is 2.46 bits per heavy atom. The Kier molecular flexibility index (Phi) is 8.15. The van der Waals surface area contributed by atoms with E-state index in [1.54, 1.807) is 0 Å². The van der Waals surface area contributed by atoms with Crippen molar-refractivity contribution in [2.45, 2.75) is 19.9 Å². The van der Waals surface area contributed by atoms with Gasteiger partial charge in [0.2, 0.25) is 0 Å². The van der Waals surface area contributed by atoms with Gasteiger partial charge in [0.1, 0.15) is 6.79 Å². The van der Waals surface area contributed by atoms with E-state index in [0.29, 0.717) is 0 Å². The van der Waals surface area contributed by atoms with E-state index in [9.17, 15) is 0 Å². The molecular formula is C11H19NO. The molecule has 0 amide bonds. The van der Waals surface area contributed by atoms with Crippen molar-refractivity contribution in [3.8, 4) is 0 Å². The molecule has 0 saturated heterocycles. The number of rotatable bonds is 4. The quantitative estimate of drug-likeness (QED) is 0.722. The van der Waals surface area contributed by atoms with Crippen molar-refractivity contribution < 1.29 is 6.22 Å². The third-order valence-corrected chi connectivity index (χ3v) is 1.60. The van der Waals surface area contributed by atoms with Gasteiger partial charge in [-0.2, -0.15) is 0 Å². The number of carbonyl (C=O) groups excluding carboxylic acids is 1. The Morgan fingerprint density at radius 2 is 1.92 bits per heavy atom. The summed E-state index contributed by atoms with van der Waals surface area (Å²) in [6, 6.07) is 10.5. The van der Waals surface area contributed by atoms with Crippen LogP contribution in [-0.2, 0) is 11.3 Å².